The van der Waals surface area contributed by atoms with Gasteiger partial charge in [-0.15, -0.1) is 0 Å². The normalized spacial score (nSPS) is 27.9. The number of rotatable bonds is 13. The largest absolute Gasteiger partial charge is 0.494 e. The molecular weight excluding hydrogens is 669 g/mol. The van der Waals surface area contributed by atoms with E-state index in [0.717, 1.165) is 84.2 Å². The molecule has 0 amide bonds. The Morgan fingerprint density at radius 3 is 1.13 bits per heavy atom. The molecule has 4 fully saturated rings. The fourth-order valence-electron chi connectivity index (χ4n) is 10.3. The molecule has 2 aromatic rings. The van der Waals surface area contributed by atoms with Crippen molar-refractivity contribution in [1.82, 2.24) is 0 Å². The molecule has 0 aliphatic heterocycles. The SMILES string of the molecule is CCCC[C@H]1CC[C@H](C2CCC(C#Cc3ccc(OCCC)cc3)CC2)CC1.CCCOc1ccc(C#CC2CCC([C@H]3CC[C@H](CCC)CC3)CC2)cc1. The van der Waals surface area contributed by atoms with Crippen LogP contribution < -0.4 is 9.47 Å². The zero-order valence-electron chi connectivity index (χ0n) is 35.7. The zero-order valence-corrected chi connectivity index (χ0v) is 35.7. The lowest BCUT2D eigenvalue weighted by molar-refractivity contribution is 0.153. The van der Waals surface area contributed by atoms with Gasteiger partial charge in [0.25, 0.3) is 0 Å². The smallest absolute Gasteiger partial charge is 0.119 e. The maximum absolute atomic E-state index is 5.65. The van der Waals surface area contributed by atoms with Crippen LogP contribution in [0.4, 0.5) is 0 Å². The van der Waals surface area contributed by atoms with E-state index in [1.54, 1.807) is 0 Å². The van der Waals surface area contributed by atoms with Crippen molar-refractivity contribution in [2.24, 2.45) is 47.3 Å². The lowest BCUT2D eigenvalue weighted by Gasteiger charge is -2.37. The summed E-state index contributed by atoms with van der Waals surface area (Å²) in [5, 5.41) is 0. The zero-order chi connectivity index (χ0) is 38.5. The van der Waals surface area contributed by atoms with E-state index in [1.165, 1.54) is 135 Å². The van der Waals surface area contributed by atoms with E-state index < -0.39 is 0 Å². The molecule has 0 aromatic heterocycles. The second-order valence-electron chi connectivity index (χ2n) is 18.0. The van der Waals surface area contributed by atoms with Crippen LogP contribution in [-0.2, 0) is 0 Å². The summed E-state index contributed by atoms with van der Waals surface area (Å²) >= 11 is 0. The Bertz CT molecular complexity index is 1420. The van der Waals surface area contributed by atoms with E-state index in [9.17, 15) is 0 Å². The van der Waals surface area contributed by atoms with Crippen LogP contribution >= 0.6 is 0 Å². The molecule has 0 bridgehead atoms. The van der Waals surface area contributed by atoms with Gasteiger partial charge in [-0.2, -0.15) is 0 Å². The van der Waals surface area contributed by atoms with Gasteiger partial charge in [-0.05, 0) is 174 Å². The molecule has 0 unspecified atom stereocenters. The van der Waals surface area contributed by atoms with Gasteiger partial charge in [0, 0.05) is 23.0 Å². The summed E-state index contributed by atoms with van der Waals surface area (Å²) in [6, 6.07) is 16.6. The van der Waals surface area contributed by atoms with Crippen LogP contribution in [0, 0.1) is 71.0 Å². The monoisotopic (exact) mass is 747 g/mol. The molecule has 55 heavy (non-hydrogen) atoms. The predicted molar refractivity (Wildman–Crippen MR) is 234 cm³/mol. The Balaban J connectivity index is 0.000000211. The average molecular weight is 747 g/mol. The van der Waals surface area contributed by atoms with Gasteiger partial charge < -0.3 is 9.47 Å². The van der Waals surface area contributed by atoms with E-state index in [1.807, 2.05) is 24.3 Å². The molecular formula is C53H78O2. The van der Waals surface area contributed by atoms with Crippen molar-refractivity contribution in [3.05, 3.63) is 59.7 Å². The van der Waals surface area contributed by atoms with E-state index in [0.29, 0.717) is 11.8 Å². The van der Waals surface area contributed by atoms with Crippen molar-refractivity contribution in [3.63, 3.8) is 0 Å². The van der Waals surface area contributed by atoms with Gasteiger partial charge in [-0.25, -0.2) is 0 Å². The predicted octanol–water partition coefficient (Wildman–Crippen LogP) is 14.9. The minimum Gasteiger partial charge on any atom is -0.494 e. The van der Waals surface area contributed by atoms with Gasteiger partial charge >= 0.3 is 0 Å². The second-order valence-corrected chi connectivity index (χ2v) is 18.0. The summed E-state index contributed by atoms with van der Waals surface area (Å²) in [7, 11) is 0. The number of benzene rings is 2. The van der Waals surface area contributed by atoms with Crippen molar-refractivity contribution in [2.75, 3.05) is 13.2 Å². The van der Waals surface area contributed by atoms with E-state index >= 15 is 0 Å². The van der Waals surface area contributed by atoms with Crippen molar-refractivity contribution >= 4 is 0 Å². The molecule has 4 aliphatic carbocycles. The molecule has 2 nitrogen and oxygen atoms in total. The Morgan fingerprint density at radius 2 is 0.782 bits per heavy atom. The number of hydrogen-bond donors (Lipinski definition) is 0. The van der Waals surface area contributed by atoms with Crippen LogP contribution in [0.3, 0.4) is 0 Å². The summed E-state index contributed by atoms with van der Waals surface area (Å²) in [5.74, 6) is 23.1. The molecule has 0 N–H and O–H groups in total. The molecule has 0 heterocycles. The highest BCUT2D eigenvalue weighted by molar-refractivity contribution is 5.39. The van der Waals surface area contributed by atoms with Gasteiger partial charge in [0.15, 0.2) is 0 Å². The first-order valence-corrected chi connectivity index (χ1v) is 23.5. The van der Waals surface area contributed by atoms with E-state index in [-0.39, 0.29) is 0 Å². The Labute approximate surface area is 339 Å². The van der Waals surface area contributed by atoms with Crippen LogP contribution in [0.15, 0.2) is 48.5 Å². The molecule has 2 heteroatoms. The highest BCUT2D eigenvalue weighted by Gasteiger charge is 2.31. The maximum atomic E-state index is 5.65. The van der Waals surface area contributed by atoms with Crippen molar-refractivity contribution < 1.29 is 9.47 Å². The molecule has 302 valence electrons. The summed E-state index contributed by atoms with van der Waals surface area (Å²) in [5.41, 5.74) is 2.24. The summed E-state index contributed by atoms with van der Waals surface area (Å²) < 4.78 is 11.3. The first-order valence-electron chi connectivity index (χ1n) is 23.5. The molecule has 4 aliphatic rings. The summed E-state index contributed by atoms with van der Waals surface area (Å²) in [4.78, 5) is 0. The van der Waals surface area contributed by atoms with Crippen LogP contribution in [0.25, 0.3) is 0 Å². The lowest BCUT2D eigenvalue weighted by Crippen LogP contribution is -2.25. The number of ether oxygens (including phenoxy) is 2. The standard InChI is InChI=1S/C27H40O.C26H38O/c1-3-5-6-22-9-15-25(16-10-22)26-17-11-23(12-18-26)7-8-24-13-19-27(20-14-24)28-21-4-2;1-3-5-21-8-14-24(15-9-21)25-16-10-22(11-17-25)6-7-23-12-18-26(19-13-23)27-20-4-2/h13-14,19-20,22-23,25-26H,3-6,9-12,15-18,21H2,1-2H3;12-13,18-19,21-22,24-25H,3-5,8-11,14-17,20H2,1-2H3/t22-,23?,25-,26?;21-,22?,24-,25?. The minimum absolute atomic E-state index is 0.605. The third kappa shape index (κ3) is 15.2. The highest BCUT2D eigenvalue weighted by atomic mass is 16.5. The maximum Gasteiger partial charge on any atom is 0.119 e. The third-order valence-electron chi connectivity index (χ3n) is 13.8. The molecule has 0 atom stereocenters. The van der Waals surface area contributed by atoms with Gasteiger partial charge in [0.2, 0.25) is 0 Å². The van der Waals surface area contributed by atoms with Crippen LogP contribution in [0.2, 0.25) is 0 Å². The van der Waals surface area contributed by atoms with Gasteiger partial charge in [0.1, 0.15) is 11.5 Å². The van der Waals surface area contributed by atoms with Crippen LogP contribution in [0.5, 0.6) is 11.5 Å². The fraction of sp³-hybridized carbons (Fsp3) is 0.698. The molecule has 0 spiro atoms. The second kappa shape index (κ2) is 24.7. The first-order chi connectivity index (χ1) is 27.1. The molecule has 6 rings (SSSR count). The summed E-state index contributed by atoms with van der Waals surface area (Å²) in [6.07, 6.45) is 32.1. The highest BCUT2D eigenvalue weighted by Crippen LogP contribution is 2.43. The minimum atomic E-state index is 0.605. The lowest BCUT2D eigenvalue weighted by atomic mass is 9.69. The average Bonchev–Trinajstić information content (AvgIpc) is 3.24. The van der Waals surface area contributed by atoms with Crippen molar-refractivity contribution in [3.8, 4) is 35.2 Å². The van der Waals surface area contributed by atoms with Gasteiger partial charge in [-0.1, -0.05) is 109 Å². The van der Waals surface area contributed by atoms with Crippen LogP contribution in [-0.4, -0.2) is 13.2 Å². The quantitative estimate of drug-likeness (QED) is 0.190. The van der Waals surface area contributed by atoms with Gasteiger partial charge in [-0.3, -0.25) is 0 Å². The molecule has 2 aromatic carbocycles. The Hall–Kier alpha value is -2.84. The van der Waals surface area contributed by atoms with Crippen LogP contribution in [0.1, 0.15) is 187 Å². The Kier molecular flexibility index (Phi) is 19.5. The number of unbranched alkanes of at least 4 members (excludes halogenated alkanes) is 1. The van der Waals surface area contributed by atoms with Gasteiger partial charge in [0.05, 0.1) is 13.2 Å². The molecule has 4 saturated carbocycles. The van der Waals surface area contributed by atoms with Crippen molar-refractivity contribution in [2.45, 2.75) is 175 Å². The molecule has 0 saturated heterocycles. The third-order valence-corrected chi connectivity index (χ3v) is 13.8. The van der Waals surface area contributed by atoms with E-state index in [4.69, 9.17) is 9.47 Å². The topological polar surface area (TPSA) is 18.5 Å². The molecule has 0 radical (unpaired) electrons. The van der Waals surface area contributed by atoms with E-state index in [2.05, 4.69) is 75.6 Å². The first kappa shape index (κ1) is 43.3. The fourth-order valence-corrected chi connectivity index (χ4v) is 10.3. The Morgan fingerprint density at radius 1 is 0.418 bits per heavy atom. The van der Waals surface area contributed by atoms with Crippen molar-refractivity contribution in [1.29, 1.82) is 0 Å². The number of hydrogen-bond acceptors (Lipinski definition) is 2. The summed E-state index contributed by atoms with van der Waals surface area (Å²) in [6.45, 7) is 10.5.